The zero-order chi connectivity index (χ0) is 16.7. The number of hydrogen-bond acceptors (Lipinski definition) is 3. The zero-order valence-corrected chi connectivity index (χ0v) is 13.3. The number of benzene rings is 2. The van der Waals surface area contributed by atoms with Gasteiger partial charge in [-0.3, -0.25) is 9.59 Å². The minimum absolute atomic E-state index is 0.0509. The van der Waals surface area contributed by atoms with Gasteiger partial charge in [0, 0.05) is 17.5 Å². The minimum atomic E-state index is -0.400. The topological polar surface area (TPSA) is 71.0 Å². The van der Waals surface area contributed by atoms with Crippen LogP contribution in [0.1, 0.15) is 40.7 Å². The van der Waals surface area contributed by atoms with Gasteiger partial charge in [-0.2, -0.15) is 0 Å². The molecule has 3 N–H and O–H groups in total. The predicted molar refractivity (Wildman–Crippen MR) is 88.1 cm³/mol. The Morgan fingerprint density at radius 2 is 1.74 bits per heavy atom. The molecule has 120 valence electrons. The average molecular weight is 312 g/mol. The summed E-state index contributed by atoms with van der Waals surface area (Å²) in [6.07, 6.45) is 0.755. The van der Waals surface area contributed by atoms with Crippen LogP contribution >= 0.6 is 0 Å². The molecule has 0 fully saturated rings. The van der Waals surface area contributed by atoms with Crippen molar-refractivity contribution < 1.29 is 20.1 Å². The molecule has 4 nitrogen and oxygen atoms in total. The first-order valence-corrected chi connectivity index (χ1v) is 7.79. The van der Waals surface area contributed by atoms with E-state index in [9.17, 15) is 9.59 Å². The van der Waals surface area contributed by atoms with E-state index in [0.717, 1.165) is 18.5 Å². The molecule has 2 aromatic carbocycles. The summed E-state index contributed by atoms with van der Waals surface area (Å²) in [6, 6.07) is 16.3. The summed E-state index contributed by atoms with van der Waals surface area (Å²) in [5.41, 5.74) is 5.71. The van der Waals surface area contributed by atoms with Crippen molar-refractivity contribution in [2.24, 2.45) is 0 Å². The molecule has 0 bridgehead atoms. The Labute approximate surface area is 136 Å². The second-order valence-electron chi connectivity index (χ2n) is 5.42. The molecule has 0 unspecified atom stereocenters. The third-order valence-corrected chi connectivity index (χ3v) is 3.68. The van der Waals surface area contributed by atoms with E-state index in [4.69, 9.17) is 4.74 Å². The van der Waals surface area contributed by atoms with Crippen LogP contribution in [0, 0.1) is 0 Å². The average Bonchev–Trinajstić information content (AvgIpc) is 2.61. The maximum Gasteiger partial charge on any atom is 0.313 e. The van der Waals surface area contributed by atoms with Gasteiger partial charge in [0.05, 0.1) is 19.1 Å². The first kappa shape index (κ1) is 16.9. The number of hydrogen-bond donors (Lipinski definition) is 1. The third-order valence-electron chi connectivity index (χ3n) is 3.68. The molecule has 0 aromatic heterocycles. The molecule has 0 saturated carbocycles. The predicted octanol–water partition coefficient (Wildman–Crippen LogP) is 2.20. The van der Waals surface area contributed by atoms with Gasteiger partial charge in [-0.25, -0.2) is 0 Å². The van der Waals surface area contributed by atoms with Crippen molar-refractivity contribution in [1.82, 2.24) is 0 Å². The number of carbonyl (C=O) groups excluding carboxylic acids is 2. The molecule has 23 heavy (non-hydrogen) atoms. The fraction of sp³-hybridized carbons (Fsp3) is 0.263. The van der Waals surface area contributed by atoms with Crippen LogP contribution < -0.4 is 5.73 Å². The normalized spacial score (nSPS) is 11.7. The van der Waals surface area contributed by atoms with Crippen LogP contribution in [0.4, 0.5) is 0 Å². The highest BCUT2D eigenvalue weighted by Gasteiger charge is 2.18. The molecule has 2 rings (SSSR count). The monoisotopic (exact) mass is 312 g/mol. The van der Waals surface area contributed by atoms with Crippen LogP contribution in [0.5, 0.6) is 0 Å². The van der Waals surface area contributed by atoms with E-state index in [1.807, 2.05) is 24.3 Å². The molecule has 0 aliphatic heterocycles. The summed E-state index contributed by atoms with van der Waals surface area (Å²) in [5.74, 6) is -0.726. The number of ketones is 1. The van der Waals surface area contributed by atoms with Gasteiger partial charge in [-0.1, -0.05) is 48.5 Å². The second-order valence-corrected chi connectivity index (χ2v) is 5.42. The first-order chi connectivity index (χ1) is 11.1. The van der Waals surface area contributed by atoms with Crippen LogP contribution in [0.15, 0.2) is 54.6 Å². The fourth-order valence-corrected chi connectivity index (χ4v) is 2.24. The summed E-state index contributed by atoms with van der Waals surface area (Å²) < 4.78 is 5.22. The van der Waals surface area contributed by atoms with Gasteiger partial charge in [0.1, 0.15) is 0 Å². The Kier molecular flexibility index (Phi) is 6.06. The van der Waals surface area contributed by atoms with Gasteiger partial charge in [-0.15, -0.1) is 0 Å². The molecule has 2 aromatic rings. The van der Waals surface area contributed by atoms with Crippen LogP contribution in [0.2, 0.25) is 0 Å². The number of carbonyl (C=O) groups is 2. The Morgan fingerprint density at radius 1 is 1.04 bits per heavy atom. The van der Waals surface area contributed by atoms with Crippen molar-refractivity contribution in [3.05, 3.63) is 71.3 Å². The van der Waals surface area contributed by atoms with Crippen molar-refractivity contribution in [3.63, 3.8) is 0 Å². The second kappa shape index (κ2) is 8.25. The van der Waals surface area contributed by atoms with Gasteiger partial charge >= 0.3 is 5.97 Å². The van der Waals surface area contributed by atoms with Crippen molar-refractivity contribution in [3.8, 4) is 0 Å². The smallest absolute Gasteiger partial charge is 0.313 e. The van der Waals surface area contributed by atoms with Gasteiger partial charge < -0.3 is 10.5 Å². The highest BCUT2D eigenvalue weighted by atomic mass is 16.5. The molecular weight excluding hydrogens is 290 g/mol. The van der Waals surface area contributed by atoms with Crippen molar-refractivity contribution in [2.75, 3.05) is 13.2 Å². The number of quaternary nitrogens is 1. The van der Waals surface area contributed by atoms with E-state index in [0.29, 0.717) is 17.7 Å². The Hall–Kier alpha value is -2.46. The Bertz CT molecular complexity index is 667. The van der Waals surface area contributed by atoms with Crippen LogP contribution in [-0.2, 0) is 9.53 Å². The van der Waals surface area contributed by atoms with Crippen molar-refractivity contribution in [1.29, 1.82) is 0 Å². The summed E-state index contributed by atoms with van der Waals surface area (Å²) in [4.78, 5) is 24.5. The molecule has 0 heterocycles. The molecule has 1 atom stereocenters. The Balaban J connectivity index is 2.13. The van der Waals surface area contributed by atoms with E-state index in [1.54, 1.807) is 37.3 Å². The van der Waals surface area contributed by atoms with E-state index in [1.165, 1.54) is 0 Å². The molecule has 0 amide bonds. The van der Waals surface area contributed by atoms with Gasteiger partial charge in [0.15, 0.2) is 5.78 Å². The van der Waals surface area contributed by atoms with Gasteiger partial charge in [0.2, 0.25) is 0 Å². The minimum Gasteiger partial charge on any atom is -0.465 e. The largest absolute Gasteiger partial charge is 0.465 e. The summed E-state index contributed by atoms with van der Waals surface area (Å²) in [5, 5.41) is 0. The molecule has 0 aliphatic rings. The van der Waals surface area contributed by atoms with Gasteiger partial charge in [-0.05, 0) is 18.6 Å². The standard InChI is InChI=1S/C19H21NO3/c1-14(19(22)23-12-6-11-20)16-9-5-10-17(13-16)18(21)15-7-3-2-4-8-15/h2-5,7-10,13-14H,6,11-12,20H2,1H3/p+1/t14-/m1/s1. The zero-order valence-electron chi connectivity index (χ0n) is 13.3. The number of esters is 1. The van der Waals surface area contributed by atoms with Crippen LogP contribution in [0.25, 0.3) is 0 Å². The fourth-order valence-electron chi connectivity index (χ4n) is 2.24. The van der Waals surface area contributed by atoms with E-state index >= 15 is 0 Å². The van der Waals surface area contributed by atoms with Crippen molar-refractivity contribution in [2.45, 2.75) is 19.3 Å². The molecule has 0 aliphatic carbocycles. The quantitative estimate of drug-likeness (QED) is 0.484. The highest BCUT2D eigenvalue weighted by Crippen LogP contribution is 2.20. The highest BCUT2D eigenvalue weighted by molar-refractivity contribution is 6.09. The Morgan fingerprint density at radius 3 is 2.43 bits per heavy atom. The lowest BCUT2D eigenvalue weighted by Gasteiger charge is -2.12. The van der Waals surface area contributed by atoms with E-state index in [-0.39, 0.29) is 11.8 Å². The third kappa shape index (κ3) is 4.50. The van der Waals surface area contributed by atoms with E-state index in [2.05, 4.69) is 5.73 Å². The summed E-state index contributed by atoms with van der Waals surface area (Å²) in [6.45, 7) is 2.91. The maximum atomic E-state index is 12.5. The molecule has 0 radical (unpaired) electrons. The van der Waals surface area contributed by atoms with Crippen LogP contribution in [-0.4, -0.2) is 24.9 Å². The number of rotatable bonds is 7. The number of ether oxygens (including phenoxy) is 1. The lowest BCUT2D eigenvalue weighted by atomic mass is 9.96. The lowest BCUT2D eigenvalue weighted by molar-refractivity contribution is -0.369. The SMILES string of the molecule is C[C@@H](C(=O)OCCC[NH3+])c1cccc(C(=O)c2ccccc2)c1. The lowest BCUT2D eigenvalue weighted by Crippen LogP contribution is -2.50. The summed E-state index contributed by atoms with van der Waals surface area (Å²) >= 11 is 0. The maximum absolute atomic E-state index is 12.5. The van der Waals surface area contributed by atoms with E-state index < -0.39 is 5.92 Å². The molecule has 4 heteroatoms. The first-order valence-electron chi connectivity index (χ1n) is 7.79. The molecular formula is C19H22NO3+. The van der Waals surface area contributed by atoms with Crippen LogP contribution in [0.3, 0.4) is 0 Å². The summed E-state index contributed by atoms with van der Waals surface area (Å²) in [7, 11) is 0. The van der Waals surface area contributed by atoms with Crippen molar-refractivity contribution >= 4 is 11.8 Å². The molecule has 0 saturated heterocycles. The van der Waals surface area contributed by atoms with Gasteiger partial charge in [0.25, 0.3) is 0 Å². The molecule has 0 spiro atoms.